The Morgan fingerprint density at radius 2 is 1.96 bits per heavy atom. The maximum Gasteiger partial charge on any atom is 0.272 e. The van der Waals surface area contributed by atoms with Crippen LogP contribution in [0.15, 0.2) is 48.5 Å². The van der Waals surface area contributed by atoms with Gasteiger partial charge in [-0.05, 0) is 36.8 Å². The first kappa shape index (κ1) is 17.4. The topological polar surface area (TPSA) is 102 Å². The van der Waals surface area contributed by atoms with Crippen molar-refractivity contribution in [3.63, 3.8) is 0 Å². The molecule has 1 amide bonds. The molecule has 7 nitrogen and oxygen atoms in total. The number of benzene rings is 2. The lowest BCUT2D eigenvalue weighted by atomic mass is 10.1. The number of hydrogen-bond acceptors (Lipinski definition) is 4. The Morgan fingerprint density at radius 1 is 1.29 bits per heavy atom. The highest BCUT2D eigenvalue weighted by molar-refractivity contribution is 7.80. The quantitative estimate of drug-likeness (QED) is 0.501. The summed E-state index contributed by atoms with van der Waals surface area (Å²) < 4.78 is 0. The number of hydrogen-bond donors (Lipinski definition) is 2. The van der Waals surface area contributed by atoms with Crippen LogP contribution in [0.25, 0.3) is 0 Å². The molecule has 0 aliphatic heterocycles. The van der Waals surface area contributed by atoms with Crippen LogP contribution in [0.4, 0.5) is 5.69 Å². The summed E-state index contributed by atoms with van der Waals surface area (Å²) in [5.74, 6) is -0.447. The summed E-state index contributed by atoms with van der Waals surface area (Å²) in [4.78, 5) is 22.7. The first-order valence-electron chi connectivity index (χ1n) is 7.05. The van der Waals surface area contributed by atoms with E-state index in [1.807, 2.05) is 30.3 Å². The van der Waals surface area contributed by atoms with E-state index >= 15 is 0 Å². The highest BCUT2D eigenvalue weighted by atomic mass is 32.1. The summed E-state index contributed by atoms with van der Waals surface area (Å²) >= 11 is 4.96. The summed E-state index contributed by atoms with van der Waals surface area (Å²) in [6.07, 6.45) is 0. The SMILES string of the molecule is Cc1cc(C(=O)NN(Cc2ccccc2)C(N)=S)ccc1[N+](=O)[O-]. The summed E-state index contributed by atoms with van der Waals surface area (Å²) in [6.45, 7) is 1.89. The van der Waals surface area contributed by atoms with Crippen LogP contribution in [-0.2, 0) is 6.54 Å². The van der Waals surface area contributed by atoms with Gasteiger partial charge in [0, 0.05) is 17.2 Å². The largest absolute Gasteiger partial charge is 0.375 e. The van der Waals surface area contributed by atoms with Gasteiger partial charge in [0.2, 0.25) is 0 Å². The second kappa shape index (κ2) is 7.51. The van der Waals surface area contributed by atoms with Crippen LogP contribution in [0.1, 0.15) is 21.5 Å². The minimum absolute atomic E-state index is 0.0193. The van der Waals surface area contributed by atoms with Gasteiger partial charge in [0.05, 0.1) is 11.5 Å². The Kier molecular flexibility index (Phi) is 5.43. The number of rotatable bonds is 4. The molecule has 124 valence electrons. The smallest absolute Gasteiger partial charge is 0.272 e. The number of nitrogens with one attached hydrogen (secondary N) is 1. The third-order valence-corrected chi connectivity index (χ3v) is 3.56. The molecule has 0 heterocycles. The van der Waals surface area contributed by atoms with E-state index in [0.29, 0.717) is 12.1 Å². The van der Waals surface area contributed by atoms with Gasteiger partial charge in [0.25, 0.3) is 11.6 Å². The third kappa shape index (κ3) is 4.26. The number of carbonyl (C=O) groups is 1. The molecule has 0 atom stereocenters. The zero-order valence-electron chi connectivity index (χ0n) is 12.9. The van der Waals surface area contributed by atoms with Crippen molar-refractivity contribution in [1.29, 1.82) is 0 Å². The molecule has 3 N–H and O–H groups in total. The Balaban J connectivity index is 2.15. The lowest BCUT2D eigenvalue weighted by Crippen LogP contribution is -2.48. The Labute approximate surface area is 144 Å². The Morgan fingerprint density at radius 3 is 2.50 bits per heavy atom. The molecule has 0 radical (unpaired) electrons. The second-order valence-corrected chi connectivity index (χ2v) is 5.53. The van der Waals surface area contributed by atoms with E-state index in [1.54, 1.807) is 6.92 Å². The fourth-order valence-electron chi connectivity index (χ4n) is 2.13. The molecule has 8 heteroatoms. The van der Waals surface area contributed by atoms with Gasteiger partial charge in [-0.3, -0.25) is 25.3 Å². The standard InChI is InChI=1S/C16H16N4O3S/c1-11-9-13(7-8-14(11)20(22)23)15(21)18-19(16(17)24)10-12-5-3-2-4-6-12/h2-9H,10H2,1H3,(H2,17,24)(H,18,21). The van der Waals surface area contributed by atoms with Crippen molar-refractivity contribution in [2.45, 2.75) is 13.5 Å². The first-order chi connectivity index (χ1) is 11.4. The molecular formula is C16H16N4O3S. The predicted molar refractivity (Wildman–Crippen MR) is 94.1 cm³/mol. The van der Waals surface area contributed by atoms with Crippen LogP contribution >= 0.6 is 12.2 Å². The fourth-order valence-corrected chi connectivity index (χ4v) is 2.24. The van der Waals surface area contributed by atoms with Gasteiger partial charge in [-0.2, -0.15) is 0 Å². The molecule has 0 saturated carbocycles. The van der Waals surface area contributed by atoms with E-state index < -0.39 is 10.8 Å². The van der Waals surface area contributed by atoms with E-state index in [9.17, 15) is 14.9 Å². The zero-order valence-corrected chi connectivity index (χ0v) is 13.7. The summed E-state index contributed by atoms with van der Waals surface area (Å²) in [6, 6.07) is 13.5. The number of nitro groups is 1. The number of nitrogens with two attached hydrogens (primary N) is 1. The fraction of sp³-hybridized carbons (Fsp3) is 0.125. The molecule has 0 saturated heterocycles. The molecule has 2 aromatic carbocycles. The number of nitrogens with zero attached hydrogens (tertiary/aromatic N) is 2. The number of hydrazine groups is 1. The van der Waals surface area contributed by atoms with E-state index in [2.05, 4.69) is 5.43 Å². The summed E-state index contributed by atoms with van der Waals surface area (Å²) in [5, 5.41) is 12.2. The van der Waals surface area contributed by atoms with Gasteiger partial charge >= 0.3 is 0 Å². The van der Waals surface area contributed by atoms with Gasteiger partial charge in [0.1, 0.15) is 0 Å². The number of carbonyl (C=O) groups excluding carboxylic acids is 1. The van der Waals surface area contributed by atoms with Crippen molar-refractivity contribution in [3.05, 3.63) is 75.3 Å². The maximum atomic E-state index is 12.3. The van der Waals surface area contributed by atoms with E-state index in [1.165, 1.54) is 23.2 Å². The van der Waals surface area contributed by atoms with Gasteiger partial charge in [-0.15, -0.1) is 0 Å². The number of amides is 1. The van der Waals surface area contributed by atoms with Gasteiger partial charge in [-0.25, -0.2) is 0 Å². The molecule has 0 spiro atoms. The zero-order chi connectivity index (χ0) is 17.7. The number of aryl methyl sites for hydroxylation is 1. The lowest BCUT2D eigenvalue weighted by Gasteiger charge is -2.23. The minimum atomic E-state index is -0.492. The number of nitro benzene ring substituents is 1. The first-order valence-corrected chi connectivity index (χ1v) is 7.46. The Hall–Kier alpha value is -3.00. The molecule has 0 aliphatic rings. The van der Waals surface area contributed by atoms with E-state index in [0.717, 1.165) is 5.56 Å². The average molecular weight is 344 g/mol. The van der Waals surface area contributed by atoms with E-state index in [4.69, 9.17) is 18.0 Å². The molecule has 0 bridgehead atoms. The molecule has 0 unspecified atom stereocenters. The third-order valence-electron chi connectivity index (χ3n) is 3.34. The molecule has 0 aliphatic carbocycles. The van der Waals surface area contributed by atoms with Gasteiger partial charge in [-0.1, -0.05) is 30.3 Å². The Bertz CT molecular complexity index is 780. The lowest BCUT2D eigenvalue weighted by molar-refractivity contribution is -0.385. The van der Waals surface area contributed by atoms with Crippen molar-refractivity contribution in [2.75, 3.05) is 0 Å². The van der Waals surface area contributed by atoms with Crippen molar-refractivity contribution in [2.24, 2.45) is 5.73 Å². The number of thiocarbonyl (C=S) groups is 1. The summed E-state index contributed by atoms with van der Waals surface area (Å²) in [7, 11) is 0. The van der Waals surface area contributed by atoms with Crippen molar-refractivity contribution in [1.82, 2.24) is 10.4 Å². The van der Waals surface area contributed by atoms with Crippen molar-refractivity contribution >= 4 is 28.9 Å². The molecule has 2 aromatic rings. The molecule has 0 aromatic heterocycles. The van der Waals surface area contributed by atoms with Crippen LogP contribution in [0.2, 0.25) is 0 Å². The monoisotopic (exact) mass is 344 g/mol. The molecular weight excluding hydrogens is 328 g/mol. The van der Waals surface area contributed by atoms with Gasteiger partial charge < -0.3 is 5.73 Å². The maximum absolute atomic E-state index is 12.3. The minimum Gasteiger partial charge on any atom is -0.375 e. The van der Waals surface area contributed by atoms with Crippen molar-refractivity contribution < 1.29 is 9.72 Å². The van der Waals surface area contributed by atoms with Crippen LogP contribution in [0.3, 0.4) is 0 Å². The van der Waals surface area contributed by atoms with Crippen LogP contribution in [0.5, 0.6) is 0 Å². The highest BCUT2D eigenvalue weighted by Crippen LogP contribution is 2.18. The summed E-state index contributed by atoms with van der Waals surface area (Å²) in [5.41, 5.74) is 9.84. The highest BCUT2D eigenvalue weighted by Gasteiger charge is 2.16. The van der Waals surface area contributed by atoms with E-state index in [-0.39, 0.29) is 16.4 Å². The van der Waals surface area contributed by atoms with Crippen LogP contribution in [-0.4, -0.2) is 21.0 Å². The molecule has 0 fully saturated rings. The average Bonchev–Trinajstić information content (AvgIpc) is 2.54. The predicted octanol–water partition coefficient (Wildman–Crippen LogP) is 2.29. The normalized spacial score (nSPS) is 10.0. The van der Waals surface area contributed by atoms with Crippen LogP contribution in [0, 0.1) is 17.0 Å². The second-order valence-electron chi connectivity index (χ2n) is 5.11. The van der Waals surface area contributed by atoms with Gasteiger partial charge in [0.15, 0.2) is 5.11 Å². The molecule has 2 rings (SSSR count). The molecule has 24 heavy (non-hydrogen) atoms. The van der Waals surface area contributed by atoms with Crippen molar-refractivity contribution in [3.8, 4) is 0 Å². The van der Waals surface area contributed by atoms with Crippen LogP contribution < -0.4 is 11.2 Å².